The zero-order chi connectivity index (χ0) is 18.4. The second-order valence-electron chi connectivity index (χ2n) is 5.18. The number of aromatic carboxylic acids is 1. The molecule has 1 aromatic carbocycles. The predicted octanol–water partition coefficient (Wildman–Crippen LogP) is -0.0300. The van der Waals surface area contributed by atoms with Gasteiger partial charge < -0.3 is 15.7 Å². The van der Waals surface area contributed by atoms with Crippen LogP contribution < -0.4 is 10.6 Å². The summed E-state index contributed by atoms with van der Waals surface area (Å²) in [6.45, 7) is 1.70. The molecule has 0 saturated carbocycles. The minimum absolute atomic E-state index is 0.151. The van der Waals surface area contributed by atoms with E-state index in [1.54, 1.807) is 6.92 Å². The van der Waals surface area contributed by atoms with E-state index in [1.165, 1.54) is 12.1 Å². The number of carboxylic acid groups (broad SMARTS) is 1. The molecule has 0 aliphatic rings. The van der Waals surface area contributed by atoms with Crippen molar-refractivity contribution < 1.29 is 23.9 Å². The fraction of sp³-hybridized carbons (Fsp3) is 0.267. The number of carbonyl (C=O) groups is 3. The molecule has 2 rings (SSSR count). The fourth-order valence-corrected chi connectivity index (χ4v) is 1.89. The number of aryl methyl sites for hydroxylation is 1. The summed E-state index contributed by atoms with van der Waals surface area (Å²) in [6, 6.07) is 4.17. The third kappa shape index (κ3) is 5.09. The summed E-state index contributed by atoms with van der Waals surface area (Å²) in [4.78, 5) is 34.2. The van der Waals surface area contributed by atoms with Crippen LogP contribution in [0.15, 0.2) is 24.4 Å². The summed E-state index contributed by atoms with van der Waals surface area (Å²) in [5.41, 5.74) is 0.381. The third-order valence-electron chi connectivity index (χ3n) is 3.23. The molecule has 9 nitrogen and oxygen atoms in total. The lowest BCUT2D eigenvalue weighted by molar-refractivity contribution is -0.121. The Kier molecular flexibility index (Phi) is 5.77. The minimum atomic E-state index is -1.23. The van der Waals surface area contributed by atoms with Crippen LogP contribution in [0.25, 0.3) is 0 Å². The molecule has 1 heterocycles. The van der Waals surface area contributed by atoms with Crippen molar-refractivity contribution in [1.29, 1.82) is 0 Å². The average molecular weight is 349 g/mol. The number of hydrogen-bond donors (Lipinski definition) is 3. The van der Waals surface area contributed by atoms with E-state index in [1.807, 2.05) is 0 Å². The van der Waals surface area contributed by atoms with Crippen LogP contribution >= 0.6 is 0 Å². The van der Waals surface area contributed by atoms with Crippen LogP contribution in [0.1, 0.15) is 26.4 Å². The van der Waals surface area contributed by atoms with Crippen LogP contribution in [-0.4, -0.2) is 51.0 Å². The van der Waals surface area contributed by atoms with Crippen molar-refractivity contribution in [3.63, 3.8) is 0 Å². The monoisotopic (exact) mass is 349 g/mol. The Morgan fingerprint density at radius 3 is 2.60 bits per heavy atom. The van der Waals surface area contributed by atoms with E-state index in [2.05, 4.69) is 20.9 Å². The standard InChI is InChI=1S/C15H16FN5O4/c1-9-2-3-10(6-11(9)16)14(23)18-5-4-17-13(22)8-21-7-12(15(24)25)19-20-21/h2-3,6-7H,4-5,8H2,1H3,(H,17,22)(H,18,23)(H,24,25). The highest BCUT2D eigenvalue weighted by molar-refractivity contribution is 5.94. The summed E-state index contributed by atoms with van der Waals surface area (Å²) in [5.74, 6) is -2.57. The number of carbonyl (C=O) groups excluding carboxylic acids is 2. The molecule has 25 heavy (non-hydrogen) atoms. The first-order valence-electron chi connectivity index (χ1n) is 7.31. The molecule has 3 N–H and O–H groups in total. The van der Waals surface area contributed by atoms with Crippen molar-refractivity contribution in [2.45, 2.75) is 13.5 Å². The van der Waals surface area contributed by atoms with Crippen molar-refractivity contribution in [3.8, 4) is 0 Å². The molecule has 10 heteroatoms. The maximum absolute atomic E-state index is 13.4. The molecule has 0 aliphatic heterocycles. The van der Waals surface area contributed by atoms with Gasteiger partial charge in [-0.05, 0) is 24.6 Å². The molecule has 0 radical (unpaired) electrons. The zero-order valence-electron chi connectivity index (χ0n) is 13.3. The Balaban J connectivity index is 1.72. The predicted molar refractivity (Wildman–Crippen MR) is 83.5 cm³/mol. The first-order valence-corrected chi connectivity index (χ1v) is 7.31. The molecule has 0 bridgehead atoms. The molecule has 0 unspecified atom stereocenters. The lowest BCUT2D eigenvalue weighted by atomic mass is 10.1. The number of aromatic nitrogens is 3. The molecule has 0 atom stereocenters. The van der Waals surface area contributed by atoms with E-state index >= 15 is 0 Å². The lowest BCUT2D eigenvalue weighted by Crippen LogP contribution is -2.36. The number of benzene rings is 1. The molecule has 2 amide bonds. The van der Waals surface area contributed by atoms with E-state index in [0.29, 0.717) is 5.56 Å². The summed E-state index contributed by atoms with van der Waals surface area (Å²) < 4.78 is 14.5. The van der Waals surface area contributed by atoms with Gasteiger partial charge in [0.15, 0.2) is 5.69 Å². The number of nitrogens with one attached hydrogen (secondary N) is 2. The van der Waals surface area contributed by atoms with E-state index in [4.69, 9.17) is 5.11 Å². The van der Waals surface area contributed by atoms with E-state index < -0.39 is 23.6 Å². The van der Waals surface area contributed by atoms with Gasteiger partial charge in [0.25, 0.3) is 5.91 Å². The Labute approximate surface area is 141 Å². The number of nitrogens with zero attached hydrogens (tertiary/aromatic N) is 3. The number of amides is 2. The molecule has 0 fully saturated rings. The number of rotatable bonds is 7. The molecule has 0 saturated heterocycles. The Bertz CT molecular complexity index is 805. The van der Waals surface area contributed by atoms with Crippen molar-refractivity contribution >= 4 is 17.8 Å². The van der Waals surface area contributed by atoms with Gasteiger partial charge in [-0.15, -0.1) is 5.10 Å². The van der Waals surface area contributed by atoms with Crippen molar-refractivity contribution in [3.05, 3.63) is 47.0 Å². The quantitative estimate of drug-likeness (QED) is 0.603. The van der Waals surface area contributed by atoms with Gasteiger partial charge in [-0.3, -0.25) is 9.59 Å². The van der Waals surface area contributed by atoms with Gasteiger partial charge in [0.1, 0.15) is 12.4 Å². The van der Waals surface area contributed by atoms with Gasteiger partial charge >= 0.3 is 5.97 Å². The minimum Gasteiger partial charge on any atom is -0.476 e. The fourth-order valence-electron chi connectivity index (χ4n) is 1.89. The van der Waals surface area contributed by atoms with Crippen LogP contribution in [0.3, 0.4) is 0 Å². The van der Waals surface area contributed by atoms with E-state index in [9.17, 15) is 18.8 Å². The highest BCUT2D eigenvalue weighted by atomic mass is 19.1. The summed E-state index contributed by atoms with van der Waals surface area (Å²) in [6.07, 6.45) is 1.13. The van der Waals surface area contributed by atoms with Crippen molar-refractivity contribution in [2.75, 3.05) is 13.1 Å². The normalized spacial score (nSPS) is 10.3. The van der Waals surface area contributed by atoms with E-state index in [-0.39, 0.29) is 30.9 Å². The lowest BCUT2D eigenvalue weighted by Gasteiger charge is -2.07. The van der Waals surface area contributed by atoms with Gasteiger partial charge in [-0.1, -0.05) is 11.3 Å². The zero-order valence-corrected chi connectivity index (χ0v) is 13.3. The average Bonchev–Trinajstić information content (AvgIpc) is 3.02. The van der Waals surface area contributed by atoms with Gasteiger partial charge in [-0.25, -0.2) is 13.9 Å². The number of halogens is 1. The van der Waals surface area contributed by atoms with Crippen molar-refractivity contribution in [2.24, 2.45) is 0 Å². The van der Waals surface area contributed by atoms with E-state index in [0.717, 1.165) is 16.9 Å². The van der Waals surface area contributed by atoms with Gasteiger partial charge in [0, 0.05) is 18.7 Å². The third-order valence-corrected chi connectivity index (χ3v) is 3.23. The summed E-state index contributed by atoms with van der Waals surface area (Å²) >= 11 is 0. The maximum Gasteiger partial charge on any atom is 0.358 e. The highest BCUT2D eigenvalue weighted by Gasteiger charge is 2.11. The Morgan fingerprint density at radius 1 is 1.24 bits per heavy atom. The largest absolute Gasteiger partial charge is 0.476 e. The maximum atomic E-state index is 13.4. The summed E-state index contributed by atoms with van der Waals surface area (Å²) in [5, 5.41) is 20.7. The SMILES string of the molecule is Cc1ccc(C(=O)NCCNC(=O)Cn2cc(C(=O)O)nn2)cc1F. The molecule has 1 aromatic heterocycles. The molecule has 0 aliphatic carbocycles. The topological polar surface area (TPSA) is 126 Å². The number of hydrogen-bond acceptors (Lipinski definition) is 5. The Morgan fingerprint density at radius 2 is 1.96 bits per heavy atom. The van der Waals surface area contributed by atoms with Gasteiger partial charge in [-0.2, -0.15) is 0 Å². The van der Waals surface area contributed by atoms with Gasteiger partial charge in [0.05, 0.1) is 6.20 Å². The molecule has 132 valence electrons. The van der Waals surface area contributed by atoms with Crippen LogP contribution in [0, 0.1) is 12.7 Å². The van der Waals surface area contributed by atoms with Crippen LogP contribution in [0.4, 0.5) is 4.39 Å². The molecular formula is C15H16FN5O4. The first kappa shape index (κ1) is 18.0. The second-order valence-corrected chi connectivity index (χ2v) is 5.18. The highest BCUT2D eigenvalue weighted by Crippen LogP contribution is 2.08. The summed E-state index contributed by atoms with van der Waals surface area (Å²) in [7, 11) is 0. The molecule has 2 aromatic rings. The number of carboxylic acids is 1. The van der Waals surface area contributed by atoms with Gasteiger partial charge in [0.2, 0.25) is 5.91 Å². The second kappa shape index (κ2) is 7.99. The smallest absolute Gasteiger partial charge is 0.358 e. The molecular weight excluding hydrogens is 333 g/mol. The molecule has 0 spiro atoms. The van der Waals surface area contributed by atoms with Crippen LogP contribution in [-0.2, 0) is 11.3 Å². The Hall–Kier alpha value is -3.30. The first-order chi connectivity index (χ1) is 11.9. The van der Waals surface area contributed by atoms with Crippen molar-refractivity contribution in [1.82, 2.24) is 25.6 Å². The van der Waals surface area contributed by atoms with Crippen LogP contribution in [0.5, 0.6) is 0 Å². The van der Waals surface area contributed by atoms with Crippen LogP contribution in [0.2, 0.25) is 0 Å².